The molecule has 0 radical (unpaired) electrons. The summed E-state index contributed by atoms with van der Waals surface area (Å²) in [6, 6.07) is 18.8. The third-order valence-electron chi connectivity index (χ3n) is 5.65. The molecule has 2 N–H and O–H groups in total. The van der Waals surface area contributed by atoms with Crippen molar-refractivity contribution in [2.75, 3.05) is 19.8 Å². The number of urea groups is 1. The number of carbonyl (C=O) groups is 2. The number of hydrogen-bond donors (Lipinski definition) is 2. The van der Waals surface area contributed by atoms with Crippen LogP contribution in [0.15, 0.2) is 60.7 Å². The number of nitrogens with one attached hydrogen (secondary N) is 1. The molecular formula is C22H25N3O3. The van der Waals surface area contributed by atoms with E-state index in [-0.39, 0.29) is 24.7 Å². The number of likely N-dealkylation sites (tertiary alicyclic amines) is 1. The van der Waals surface area contributed by atoms with Crippen LogP contribution in [0.4, 0.5) is 4.79 Å². The maximum Gasteiger partial charge on any atom is 0.326 e. The van der Waals surface area contributed by atoms with E-state index in [1.165, 1.54) is 4.90 Å². The van der Waals surface area contributed by atoms with Gasteiger partial charge in [-0.3, -0.25) is 9.69 Å². The zero-order chi connectivity index (χ0) is 19.6. The summed E-state index contributed by atoms with van der Waals surface area (Å²) in [4.78, 5) is 29.7. The number of carbonyl (C=O) groups excluding carboxylic acids is 2. The first-order chi connectivity index (χ1) is 13.6. The van der Waals surface area contributed by atoms with Gasteiger partial charge in [0.05, 0.1) is 12.8 Å². The molecule has 2 aliphatic rings. The fraction of sp³-hybridized carbons (Fsp3) is 0.364. The predicted octanol–water partition coefficient (Wildman–Crippen LogP) is 2.09. The Kier molecular flexibility index (Phi) is 5.15. The summed E-state index contributed by atoms with van der Waals surface area (Å²) < 4.78 is 0. The second-order valence-corrected chi connectivity index (χ2v) is 7.59. The smallest absolute Gasteiger partial charge is 0.326 e. The van der Waals surface area contributed by atoms with Crippen molar-refractivity contribution in [3.8, 4) is 0 Å². The lowest BCUT2D eigenvalue weighted by atomic mass is 9.83. The molecule has 2 aromatic rings. The predicted molar refractivity (Wildman–Crippen MR) is 105 cm³/mol. The topological polar surface area (TPSA) is 72.9 Å². The fourth-order valence-corrected chi connectivity index (χ4v) is 4.06. The van der Waals surface area contributed by atoms with Gasteiger partial charge in [-0.05, 0) is 24.0 Å². The summed E-state index contributed by atoms with van der Waals surface area (Å²) in [5.74, 6) is -0.223. The van der Waals surface area contributed by atoms with Crippen molar-refractivity contribution >= 4 is 11.9 Å². The van der Waals surface area contributed by atoms with Crippen LogP contribution in [-0.4, -0.2) is 52.7 Å². The summed E-state index contributed by atoms with van der Waals surface area (Å²) in [5.41, 5.74) is 0.673. The summed E-state index contributed by atoms with van der Waals surface area (Å²) in [6.45, 7) is 1.60. The lowest BCUT2D eigenvalue weighted by Crippen LogP contribution is -2.48. The van der Waals surface area contributed by atoms with Crippen molar-refractivity contribution in [3.05, 3.63) is 71.8 Å². The summed E-state index contributed by atoms with van der Waals surface area (Å²) >= 11 is 0. The van der Waals surface area contributed by atoms with E-state index in [0.29, 0.717) is 32.4 Å². The third kappa shape index (κ3) is 3.53. The largest absolute Gasteiger partial charge is 0.393 e. The molecule has 2 saturated heterocycles. The lowest BCUT2D eigenvalue weighted by Gasteiger charge is -2.32. The number of aliphatic hydroxyl groups is 1. The van der Waals surface area contributed by atoms with Gasteiger partial charge in [0.2, 0.25) is 0 Å². The summed E-state index contributed by atoms with van der Waals surface area (Å²) in [6.07, 6.45) is 1.44. The number of benzene rings is 2. The Morgan fingerprint density at radius 3 is 2.21 bits per heavy atom. The van der Waals surface area contributed by atoms with Gasteiger partial charge in [0.25, 0.3) is 5.91 Å². The highest BCUT2D eigenvalue weighted by molar-refractivity contribution is 6.07. The normalized spacial score (nSPS) is 23.8. The van der Waals surface area contributed by atoms with E-state index in [1.807, 2.05) is 65.6 Å². The molecule has 0 aliphatic carbocycles. The van der Waals surface area contributed by atoms with Gasteiger partial charge in [-0.1, -0.05) is 60.7 Å². The molecule has 4 rings (SSSR count). The quantitative estimate of drug-likeness (QED) is 0.781. The van der Waals surface area contributed by atoms with Crippen LogP contribution in [0.2, 0.25) is 0 Å². The van der Waals surface area contributed by atoms with Crippen molar-refractivity contribution in [2.24, 2.45) is 0 Å². The molecule has 1 atom stereocenters. The second kappa shape index (κ2) is 7.73. The molecule has 0 unspecified atom stereocenters. The molecule has 146 valence electrons. The zero-order valence-corrected chi connectivity index (χ0v) is 15.8. The van der Waals surface area contributed by atoms with Gasteiger partial charge in [-0.25, -0.2) is 9.69 Å². The van der Waals surface area contributed by atoms with Crippen molar-refractivity contribution in [3.63, 3.8) is 0 Å². The van der Waals surface area contributed by atoms with E-state index >= 15 is 0 Å². The number of piperidine rings is 1. The van der Waals surface area contributed by atoms with E-state index < -0.39 is 5.54 Å². The van der Waals surface area contributed by atoms with Crippen LogP contribution >= 0.6 is 0 Å². The molecule has 2 aliphatic heterocycles. The average Bonchev–Trinajstić information content (AvgIpc) is 2.96. The van der Waals surface area contributed by atoms with Crippen molar-refractivity contribution < 1.29 is 14.7 Å². The molecule has 2 aromatic carbocycles. The van der Waals surface area contributed by atoms with Crippen LogP contribution in [-0.2, 0) is 16.8 Å². The van der Waals surface area contributed by atoms with Gasteiger partial charge < -0.3 is 10.4 Å². The molecule has 6 nitrogen and oxygen atoms in total. The molecule has 28 heavy (non-hydrogen) atoms. The van der Waals surface area contributed by atoms with Crippen LogP contribution in [0, 0.1) is 0 Å². The van der Waals surface area contributed by atoms with E-state index in [0.717, 1.165) is 11.1 Å². The molecule has 2 fully saturated rings. The molecule has 0 saturated carbocycles. The van der Waals surface area contributed by atoms with Gasteiger partial charge in [0.15, 0.2) is 5.54 Å². The molecular weight excluding hydrogens is 354 g/mol. The van der Waals surface area contributed by atoms with Crippen LogP contribution in [0.5, 0.6) is 0 Å². The molecule has 3 amide bonds. The standard InChI is InChI=1S/C22H25N3O3/c26-19-11-13-24(14-12-19)16-25-20(27)22(23-21(25)28,18-9-5-2-6-10-18)15-17-7-3-1-4-8-17/h1-10,19,26H,11-16H2,(H,23,28)/t22-/m1/s1. The Morgan fingerprint density at radius 2 is 1.57 bits per heavy atom. The van der Waals surface area contributed by atoms with Crippen LogP contribution in [0.3, 0.4) is 0 Å². The Labute approximate surface area is 164 Å². The molecule has 0 bridgehead atoms. The van der Waals surface area contributed by atoms with Gasteiger partial charge in [0.1, 0.15) is 0 Å². The molecule has 6 heteroatoms. The fourth-order valence-electron chi connectivity index (χ4n) is 4.06. The Bertz CT molecular complexity index is 835. The first-order valence-corrected chi connectivity index (χ1v) is 9.72. The van der Waals surface area contributed by atoms with Crippen LogP contribution in [0.1, 0.15) is 24.0 Å². The van der Waals surface area contributed by atoms with E-state index in [9.17, 15) is 14.7 Å². The van der Waals surface area contributed by atoms with E-state index in [4.69, 9.17) is 0 Å². The number of rotatable bonds is 5. The highest BCUT2D eigenvalue weighted by atomic mass is 16.3. The molecule has 0 spiro atoms. The average molecular weight is 379 g/mol. The maximum absolute atomic E-state index is 13.5. The first kappa shape index (κ1) is 18.7. The minimum Gasteiger partial charge on any atom is -0.393 e. The van der Waals surface area contributed by atoms with Gasteiger partial charge >= 0.3 is 6.03 Å². The number of nitrogens with zero attached hydrogens (tertiary/aromatic N) is 2. The third-order valence-corrected chi connectivity index (χ3v) is 5.65. The van der Waals surface area contributed by atoms with Crippen molar-refractivity contribution in [1.82, 2.24) is 15.1 Å². The molecule has 2 heterocycles. The maximum atomic E-state index is 13.5. The van der Waals surface area contributed by atoms with E-state index in [1.54, 1.807) is 0 Å². The van der Waals surface area contributed by atoms with Gasteiger partial charge in [-0.2, -0.15) is 0 Å². The number of imide groups is 1. The van der Waals surface area contributed by atoms with Crippen LogP contribution < -0.4 is 5.32 Å². The minimum atomic E-state index is -1.10. The Hall–Kier alpha value is -2.70. The number of aliphatic hydroxyl groups excluding tert-OH is 1. The van der Waals surface area contributed by atoms with Crippen molar-refractivity contribution in [2.45, 2.75) is 30.9 Å². The molecule has 0 aromatic heterocycles. The highest BCUT2D eigenvalue weighted by Crippen LogP contribution is 2.33. The zero-order valence-electron chi connectivity index (χ0n) is 15.8. The van der Waals surface area contributed by atoms with Gasteiger partial charge in [-0.15, -0.1) is 0 Å². The monoisotopic (exact) mass is 379 g/mol. The minimum absolute atomic E-state index is 0.223. The van der Waals surface area contributed by atoms with E-state index in [2.05, 4.69) is 5.32 Å². The Morgan fingerprint density at radius 1 is 0.964 bits per heavy atom. The lowest BCUT2D eigenvalue weighted by molar-refractivity contribution is -0.133. The first-order valence-electron chi connectivity index (χ1n) is 9.72. The Balaban J connectivity index is 1.63. The highest BCUT2D eigenvalue weighted by Gasteiger charge is 2.52. The summed E-state index contributed by atoms with van der Waals surface area (Å²) in [7, 11) is 0. The number of amides is 3. The summed E-state index contributed by atoms with van der Waals surface area (Å²) in [5, 5.41) is 12.7. The SMILES string of the molecule is O=C1N[C@](Cc2ccccc2)(c2ccccc2)C(=O)N1CN1CCC(O)CC1. The van der Waals surface area contributed by atoms with Gasteiger partial charge in [0, 0.05) is 19.5 Å². The second-order valence-electron chi connectivity index (χ2n) is 7.59. The van der Waals surface area contributed by atoms with Crippen LogP contribution in [0.25, 0.3) is 0 Å². The number of hydrogen-bond acceptors (Lipinski definition) is 4. The van der Waals surface area contributed by atoms with Crippen molar-refractivity contribution in [1.29, 1.82) is 0 Å².